The average molecular weight is 228 g/mol. The van der Waals surface area contributed by atoms with Crippen LogP contribution >= 0.6 is 0 Å². The minimum atomic E-state index is -0.432. The largest absolute Gasteiger partial charge is 0.318 e. The highest BCUT2D eigenvalue weighted by atomic mass is 16.6. The smallest absolute Gasteiger partial charge is 0.274 e. The molecule has 0 unspecified atom stereocenters. The first-order chi connectivity index (χ1) is 8.22. The monoisotopic (exact) mass is 228 g/mol. The fraction of sp³-hybridized carbons (Fsp3) is 0.0909. The van der Waals surface area contributed by atoms with E-state index in [1.165, 1.54) is 12.3 Å². The number of imidazole rings is 1. The van der Waals surface area contributed by atoms with E-state index in [4.69, 9.17) is 5.26 Å². The molecule has 0 atom stereocenters. The summed E-state index contributed by atoms with van der Waals surface area (Å²) in [6.45, 7) is 0.264. The van der Waals surface area contributed by atoms with Gasteiger partial charge >= 0.3 is 0 Å². The van der Waals surface area contributed by atoms with Gasteiger partial charge in [-0.3, -0.25) is 10.1 Å². The van der Waals surface area contributed by atoms with Crippen LogP contribution in [-0.2, 0) is 6.54 Å². The van der Waals surface area contributed by atoms with Gasteiger partial charge < -0.3 is 4.57 Å². The van der Waals surface area contributed by atoms with Gasteiger partial charge in [-0.15, -0.1) is 0 Å². The molecule has 2 aromatic rings. The molecule has 6 nitrogen and oxygen atoms in total. The molecule has 17 heavy (non-hydrogen) atoms. The van der Waals surface area contributed by atoms with E-state index in [9.17, 15) is 10.1 Å². The van der Waals surface area contributed by atoms with Gasteiger partial charge in [0.05, 0.1) is 11.5 Å². The molecule has 0 aliphatic heterocycles. The molecule has 84 valence electrons. The van der Waals surface area contributed by atoms with Crippen LogP contribution < -0.4 is 0 Å². The molecule has 0 saturated heterocycles. The molecular weight excluding hydrogens is 220 g/mol. The Morgan fingerprint density at radius 1 is 1.47 bits per heavy atom. The summed E-state index contributed by atoms with van der Waals surface area (Å²) >= 11 is 0. The summed E-state index contributed by atoms with van der Waals surface area (Å²) in [6, 6.07) is 8.37. The zero-order valence-corrected chi connectivity index (χ0v) is 8.78. The highest BCUT2D eigenvalue weighted by molar-refractivity contribution is 5.40. The van der Waals surface area contributed by atoms with Gasteiger partial charge in [-0.2, -0.15) is 5.26 Å². The van der Waals surface area contributed by atoms with Crippen LogP contribution in [0, 0.1) is 21.4 Å². The molecule has 1 heterocycles. The van der Waals surface area contributed by atoms with Gasteiger partial charge in [-0.05, 0) is 0 Å². The predicted molar refractivity (Wildman–Crippen MR) is 59.1 cm³/mol. The lowest BCUT2D eigenvalue weighted by Crippen LogP contribution is -2.04. The van der Waals surface area contributed by atoms with Crippen molar-refractivity contribution in [2.75, 3.05) is 0 Å². The highest BCUT2D eigenvalue weighted by Gasteiger charge is 2.13. The zero-order valence-electron chi connectivity index (χ0n) is 8.78. The number of benzene rings is 1. The summed E-state index contributed by atoms with van der Waals surface area (Å²) in [6.07, 6.45) is 3.11. The lowest BCUT2D eigenvalue weighted by Gasteiger charge is -2.04. The van der Waals surface area contributed by atoms with Gasteiger partial charge in [0.1, 0.15) is 6.07 Å². The summed E-state index contributed by atoms with van der Waals surface area (Å²) in [4.78, 5) is 14.2. The third kappa shape index (κ3) is 2.13. The van der Waals surface area contributed by atoms with Crippen LogP contribution in [0.4, 0.5) is 5.69 Å². The molecule has 0 radical (unpaired) electrons. The maximum Gasteiger partial charge on any atom is 0.274 e. The molecule has 0 spiro atoms. The first kappa shape index (κ1) is 10.8. The SMILES string of the molecule is N#Cc1nccn1Cc1ccccc1[N+](=O)[O-]. The van der Waals surface area contributed by atoms with Crippen LogP contribution in [0.2, 0.25) is 0 Å². The van der Waals surface area contributed by atoms with Gasteiger partial charge in [0.25, 0.3) is 5.69 Å². The molecule has 1 aromatic carbocycles. The van der Waals surface area contributed by atoms with E-state index in [2.05, 4.69) is 4.98 Å². The number of rotatable bonds is 3. The van der Waals surface area contributed by atoms with Crippen LogP contribution in [0.1, 0.15) is 11.4 Å². The maximum atomic E-state index is 10.8. The van der Waals surface area contributed by atoms with E-state index in [-0.39, 0.29) is 18.1 Å². The molecular formula is C11H8N4O2. The lowest BCUT2D eigenvalue weighted by atomic mass is 10.2. The number of nitriles is 1. The molecule has 2 rings (SSSR count). The van der Waals surface area contributed by atoms with E-state index >= 15 is 0 Å². The first-order valence-corrected chi connectivity index (χ1v) is 4.86. The normalized spacial score (nSPS) is 9.82. The molecule has 0 amide bonds. The van der Waals surface area contributed by atoms with E-state index in [1.54, 1.807) is 29.0 Å². The van der Waals surface area contributed by atoms with Crippen LogP contribution in [0.5, 0.6) is 0 Å². The Kier molecular flexibility index (Phi) is 2.83. The number of hydrogen-bond acceptors (Lipinski definition) is 4. The van der Waals surface area contributed by atoms with Crippen LogP contribution in [0.25, 0.3) is 0 Å². The second-order valence-electron chi connectivity index (χ2n) is 3.38. The maximum absolute atomic E-state index is 10.8. The molecule has 0 fully saturated rings. The molecule has 0 N–H and O–H groups in total. The first-order valence-electron chi connectivity index (χ1n) is 4.86. The molecule has 1 aromatic heterocycles. The zero-order chi connectivity index (χ0) is 12.3. The van der Waals surface area contributed by atoms with Crippen molar-refractivity contribution >= 4 is 5.69 Å². The molecule has 0 aliphatic carbocycles. The Morgan fingerprint density at radius 3 is 2.94 bits per heavy atom. The van der Waals surface area contributed by atoms with E-state index < -0.39 is 4.92 Å². The summed E-state index contributed by atoms with van der Waals surface area (Å²) in [5, 5.41) is 19.6. The van der Waals surface area contributed by atoms with Crippen LogP contribution in [0.15, 0.2) is 36.7 Å². The lowest BCUT2D eigenvalue weighted by molar-refractivity contribution is -0.385. The van der Waals surface area contributed by atoms with Crippen molar-refractivity contribution in [3.8, 4) is 6.07 Å². The Balaban J connectivity index is 2.37. The Labute approximate surface area is 96.9 Å². The quantitative estimate of drug-likeness (QED) is 0.591. The third-order valence-electron chi connectivity index (χ3n) is 2.34. The predicted octanol–water partition coefficient (Wildman–Crippen LogP) is 1.71. The number of nitrogens with zero attached hydrogens (tertiary/aromatic N) is 4. The van der Waals surface area contributed by atoms with Crippen LogP contribution in [-0.4, -0.2) is 14.5 Å². The van der Waals surface area contributed by atoms with E-state index in [1.807, 2.05) is 6.07 Å². The third-order valence-corrected chi connectivity index (χ3v) is 2.34. The number of hydrogen-bond donors (Lipinski definition) is 0. The standard InChI is InChI=1S/C11H8N4O2/c12-7-11-13-5-6-14(11)8-9-3-1-2-4-10(9)15(16)17/h1-6H,8H2. The van der Waals surface area contributed by atoms with Gasteiger partial charge in [0.2, 0.25) is 5.82 Å². The minimum absolute atomic E-state index is 0.0464. The van der Waals surface area contributed by atoms with Gasteiger partial charge in [0, 0.05) is 24.0 Å². The Hall–Kier alpha value is -2.68. The fourth-order valence-corrected chi connectivity index (χ4v) is 1.56. The number of para-hydroxylation sites is 1. The summed E-state index contributed by atoms with van der Waals surface area (Å²) in [7, 11) is 0. The van der Waals surface area contributed by atoms with Crippen molar-refractivity contribution < 1.29 is 4.92 Å². The summed E-state index contributed by atoms with van der Waals surface area (Å²) in [5.41, 5.74) is 0.595. The Morgan fingerprint density at radius 2 is 2.24 bits per heavy atom. The van der Waals surface area contributed by atoms with Crippen LogP contribution in [0.3, 0.4) is 0 Å². The topological polar surface area (TPSA) is 84.8 Å². The fourth-order valence-electron chi connectivity index (χ4n) is 1.56. The van der Waals surface area contributed by atoms with Crippen molar-refractivity contribution in [1.29, 1.82) is 5.26 Å². The number of aromatic nitrogens is 2. The minimum Gasteiger partial charge on any atom is -0.318 e. The van der Waals surface area contributed by atoms with Gasteiger partial charge in [0.15, 0.2) is 0 Å². The summed E-state index contributed by atoms with van der Waals surface area (Å²) in [5.74, 6) is 0.239. The number of nitro benzene ring substituents is 1. The Bertz CT molecular complexity index is 598. The van der Waals surface area contributed by atoms with Crippen molar-refractivity contribution in [2.45, 2.75) is 6.54 Å². The van der Waals surface area contributed by atoms with Crippen molar-refractivity contribution in [3.63, 3.8) is 0 Å². The van der Waals surface area contributed by atoms with Gasteiger partial charge in [-0.1, -0.05) is 18.2 Å². The number of nitro groups is 1. The molecule has 6 heteroatoms. The van der Waals surface area contributed by atoms with Gasteiger partial charge in [-0.25, -0.2) is 4.98 Å². The average Bonchev–Trinajstić information content (AvgIpc) is 2.77. The highest BCUT2D eigenvalue weighted by Crippen LogP contribution is 2.19. The second kappa shape index (κ2) is 4.45. The van der Waals surface area contributed by atoms with E-state index in [0.717, 1.165) is 0 Å². The second-order valence-corrected chi connectivity index (χ2v) is 3.38. The molecule has 0 bridgehead atoms. The van der Waals surface area contributed by atoms with Crippen molar-refractivity contribution in [3.05, 3.63) is 58.2 Å². The van der Waals surface area contributed by atoms with Crippen molar-refractivity contribution in [2.24, 2.45) is 0 Å². The summed E-state index contributed by atoms with van der Waals surface area (Å²) < 4.78 is 1.57. The van der Waals surface area contributed by atoms with Crippen molar-refractivity contribution in [1.82, 2.24) is 9.55 Å². The molecule has 0 saturated carbocycles. The molecule has 0 aliphatic rings. The van der Waals surface area contributed by atoms with E-state index in [0.29, 0.717) is 5.56 Å².